The van der Waals surface area contributed by atoms with Crippen molar-refractivity contribution in [3.05, 3.63) is 0 Å². The average molecular weight is 1370 g/mol. The van der Waals surface area contributed by atoms with Gasteiger partial charge in [-0.1, -0.05) is 319 Å². The topological polar surface area (TPSA) is 237 Å². The third kappa shape index (κ3) is 68.4. The van der Waals surface area contributed by atoms with Crippen LogP contribution in [0, 0.1) is 23.7 Å². The van der Waals surface area contributed by atoms with Crippen molar-refractivity contribution in [3.63, 3.8) is 0 Å². The van der Waals surface area contributed by atoms with Crippen molar-refractivity contribution in [2.75, 3.05) is 39.6 Å². The van der Waals surface area contributed by atoms with Crippen LogP contribution >= 0.6 is 15.6 Å². The summed E-state index contributed by atoms with van der Waals surface area (Å²) < 4.78 is 68.4. The van der Waals surface area contributed by atoms with Crippen LogP contribution < -0.4 is 0 Å². The number of carbonyl (C=O) groups is 4. The Morgan fingerprint density at radius 2 is 0.452 bits per heavy atom. The lowest BCUT2D eigenvalue weighted by Gasteiger charge is -2.21. The van der Waals surface area contributed by atoms with E-state index in [-0.39, 0.29) is 25.7 Å². The number of esters is 4. The number of hydrogen-bond donors (Lipinski definition) is 3. The maximum absolute atomic E-state index is 13.0. The number of phosphoric ester groups is 2. The minimum absolute atomic E-state index is 0.105. The number of aliphatic hydroxyl groups is 1. The summed E-state index contributed by atoms with van der Waals surface area (Å²) in [6.07, 6.45) is 47.4. The van der Waals surface area contributed by atoms with E-state index in [2.05, 4.69) is 55.4 Å². The van der Waals surface area contributed by atoms with E-state index in [1.54, 1.807) is 0 Å². The van der Waals surface area contributed by atoms with Gasteiger partial charge in [0, 0.05) is 25.7 Å². The quantitative estimate of drug-likeness (QED) is 0.0222. The second kappa shape index (κ2) is 63.5. The van der Waals surface area contributed by atoms with Gasteiger partial charge in [-0.2, -0.15) is 0 Å². The Kier molecular flexibility index (Phi) is 62.2. The van der Waals surface area contributed by atoms with Gasteiger partial charge in [0.25, 0.3) is 0 Å². The van der Waals surface area contributed by atoms with Crippen LogP contribution in [0.1, 0.15) is 370 Å². The summed E-state index contributed by atoms with van der Waals surface area (Å²) >= 11 is 0. The largest absolute Gasteiger partial charge is 0.472 e. The second-order valence-corrected chi connectivity index (χ2v) is 31.5. The Morgan fingerprint density at radius 3 is 0.667 bits per heavy atom. The molecule has 0 aromatic carbocycles. The smallest absolute Gasteiger partial charge is 0.462 e. The molecule has 0 saturated heterocycles. The molecule has 0 aliphatic heterocycles. The number of carbonyl (C=O) groups excluding carboxylic acids is 4. The third-order valence-corrected chi connectivity index (χ3v) is 19.0. The molecule has 19 heteroatoms. The maximum Gasteiger partial charge on any atom is 0.472 e. The van der Waals surface area contributed by atoms with Gasteiger partial charge >= 0.3 is 39.5 Å². The zero-order valence-corrected chi connectivity index (χ0v) is 62.7. The number of unbranched alkanes of at least 4 members (excludes halogenated alkanes) is 37. The number of phosphoric acid groups is 2. The molecule has 0 aliphatic rings. The minimum atomic E-state index is -4.95. The molecule has 93 heavy (non-hydrogen) atoms. The van der Waals surface area contributed by atoms with E-state index in [9.17, 15) is 43.2 Å². The molecule has 552 valence electrons. The summed E-state index contributed by atoms with van der Waals surface area (Å²) in [5.41, 5.74) is 0. The van der Waals surface area contributed by atoms with Gasteiger partial charge in [-0.3, -0.25) is 37.3 Å². The van der Waals surface area contributed by atoms with Crippen LogP contribution in [-0.4, -0.2) is 96.7 Å². The Hall–Kier alpha value is -1.94. The lowest BCUT2D eigenvalue weighted by Crippen LogP contribution is -2.30. The molecule has 0 aliphatic carbocycles. The summed E-state index contributed by atoms with van der Waals surface area (Å²) in [4.78, 5) is 72.7. The van der Waals surface area contributed by atoms with Crippen LogP contribution in [0.25, 0.3) is 0 Å². The zero-order valence-electron chi connectivity index (χ0n) is 60.9. The van der Waals surface area contributed by atoms with E-state index < -0.39 is 97.5 Å². The van der Waals surface area contributed by atoms with Crippen LogP contribution in [0.5, 0.6) is 0 Å². The van der Waals surface area contributed by atoms with Crippen molar-refractivity contribution in [1.29, 1.82) is 0 Å². The lowest BCUT2D eigenvalue weighted by molar-refractivity contribution is -0.161. The Morgan fingerprint density at radius 1 is 0.269 bits per heavy atom. The van der Waals surface area contributed by atoms with Crippen LogP contribution in [0.15, 0.2) is 0 Å². The van der Waals surface area contributed by atoms with Crippen LogP contribution in [0.3, 0.4) is 0 Å². The molecule has 3 unspecified atom stereocenters. The fraction of sp³-hybridized carbons (Fsp3) is 0.946. The molecular formula is C74H144O17P2. The van der Waals surface area contributed by atoms with Crippen molar-refractivity contribution in [2.45, 2.75) is 388 Å². The van der Waals surface area contributed by atoms with Gasteiger partial charge in [0.1, 0.15) is 19.3 Å². The van der Waals surface area contributed by atoms with Gasteiger partial charge in [0.05, 0.1) is 26.4 Å². The van der Waals surface area contributed by atoms with Crippen LogP contribution in [0.2, 0.25) is 0 Å². The first-order valence-corrected chi connectivity index (χ1v) is 41.2. The fourth-order valence-electron chi connectivity index (χ4n) is 11.2. The fourth-order valence-corrected chi connectivity index (χ4v) is 12.8. The van der Waals surface area contributed by atoms with Crippen LogP contribution in [0.4, 0.5) is 0 Å². The number of aliphatic hydroxyl groups excluding tert-OH is 1. The predicted molar refractivity (Wildman–Crippen MR) is 377 cm³/mol. The predicted octanol–water partition coefficient (Wildman–Crippen LogP) is 21.3. The molecule has 0 aromatic rings. The molecule has 0 bridgehead atoms. The highest BCUT2D eigenvalue weighted by atomic mass is 31.2. The SMILES string of the molecule is CC(C)CCCCCCCCCCCCCCCCCC(=O)O[C@H](COC(=O)CCCCCCCCC(C)C)COP(=O)(O)OCC(O)COP(=O)(O)OC[C@@H](COC(=O)CCCCCCCCCCCCCC(C)C)OC(=O)CCCCCCCCCCCC(C)C. The minimum Gasteiger partial charge on any atom is -0.462 e. The molecular weight excluding hydrogens is 1220 g/mol. The summed E-state index contributed by atoms with van der Waals surface area (Å²) in [5, 5.41) is 10.6. The Labute approximate surface area is 568 Å². The van der Waals surface area contributed by atoms with Crippen molar-refractivity contribution < 1.29 is 80.2 Å². The van der Waals surface area contributed by atoms with E-state index in [4.69, 9.17) is 37.0 Å². The highest BCUT2D eigenvalue weighted by Crippen LogP contribution is 2.45. The van der Waals surface area contributed by atoms with Gasteiger partial charge < -0.3 is 33.8 Å². The van der Waals surface area contributed by atoms with Gasteiger partial charge in [-0.15, -0.1) is 0 Å². The highest BCUT2D eigenvalue weighted by Gasteiger charge is 2.30. The zero-order chi connectivity index (χ0) is 68.9. The van der Waals surface area contributed by atoms with E-state index in [0.29, 0.717) is 31.6 Å². The first kappa shape index (κ1) is 91.1. The van der Waals surface area contributed by atoms with Crippen LogP contribution in [-0.2, 0) is 65.4 Å². The van der Waals surface area contributed by atoms with Crippen molar-refractivity contribution in [2.24, 2.45) is 23.7 Å². The molecule has 0 radical (unpaired) electrons. The standard InChI is InChI=1S/C74H144O17P2/c1-64(2)50-42-34-26-20-15-12-10-9-11-13-17-24-30-40-48-56-73(78)91-70(61-85-72(77)55-47-39-33-32-37-45-53-67(7)8)63-89-93(82,83)87-59-68(75)58-86-92(80,81)88-62-69(90-74(79)57-49-41-31-25-19-22-28-36-44-52-66(5)6)60-84-71(76)54-46-38-29-23-18-14-16-21-27-35-43-51-65(3)4/h64-70,75H,9-63H2,1-8H3,(H,80,81)(H,82,83)/t68?,69-,70-/m1/s1. The molecule has 5 atom stereocenters. The molecule has 0 spiro atoms. The van der Waals surface area contributed by atoms with E-state index in [1.165, 1.54) is 167 Å². The first-order valence-electron chi connectivity index (χ1n) is 38.2. The molecule has 0 heterocycles. The lowest BCUT2D eigenvalue weighted by atomic mass is 10.0. The van der Waals surface area contributed by atoms with Gasteiger partial charge in [0.2, 0.25) is 0 Å². The Balaban J connectivity index is 5.21. The number of ether oxygens (including phenoxy) is 4. The molecule has 3 N–H and O–H groups in total. The second-order valence-electron chi connectivity index (χ2n) is 28.6. The highest BCUT2D eigenvalue weighted by molar-refractivity contribution is 7.47. The number of hydrogen-bond acceptors (Lipinski definition) is 15. The van der Waals surface area contributed by atoms with E-state index in [1.807, 2.05) is 0 Å². The van der Waals surface area contributed by atoms with Gasteiger partial charge in [0.15, 0.2) is 12.2 Å². The molecule has 0 aromatic heterocycles. The number of rotatable bonds is 71. The Bertz CT molecular complexity index is 1830. The third-order valence-electron chi connectivity index (χ3n) is 17.1. The summed E-state index contributed by atoms with van der Waals surface area (Å²) in [5.74, 6) is 0.864. The molecule has 17 nitrogen and oxygen atoms in total. The molecule has 0 fully saturated rings. The van der Waals surface area contributed by atoms with Gasteiger partial charge in [-0.05, 0) is 49.4 Å². The summed E-state index contributed by atoms with van der Waals surface area (Å²) in [7, 11) is -9.91. The molecule has 0 saturated carbocycles. The average Bonchev–Trinajstić information content (AvgIpc) is 2.68. The molecule has 0 rings (SSSR count). The maximum atomic E-state index is 13.0. The van der Waals surface area contributed by atoms with Crippen molar-refractivity contribution in [1.82, 2.24) is 0 Å². The van der Waals surface area contributed by atoms with E-state index in [0.717, 1.165) is 114 Å². The molecule has 0 amide bonds. The summed E-state index contributed by atoms with van der Waals surface area (Å²) in [6, 6.07) is 0. The van der Waals surface area contributed by atoms with Gasteiger partial charge in [-0.25, -0.2) is 9.13 Å². The monoisotopic (exact) mass is 1370 g/mol. The normalized spacial score (nSPS) is 14.2. The van der Waals surface area contributed by atoms with E-state index >= 15 is 0 Å². The van der Waals surface area contributed by atoms with Crippen molar-refractivity contribution in [3.8, 4) is 0 Å². The summed E-state index contributed by atoms with van der Waals surface area (Å²) in [6.45, 7) is 14.1. The van der Waals surface area contributed by atoms with Crippen molar-refractivity contribution >= 4 is 39.5 Å². The first-order chi connectivity index (χ1) is 44.6.